The van der Waals surface area contributed by atoms with Gasteiger partial charge in [0, 0.05) is 18.9 Å². The van der Waals surface area contributed by atoms with E-state index in [4.69, 9.17) is 10.5 Å². The predicted octanol–water partition coefficient (Wildman–Crippen LogP) is 0.243. The summed E-state index contributed by atoms with van der Waals surface area (Å²) in [6, 6.07) is 0. The number of carbonyl (C=O) groups excluding carboxylic acids is 1. The van der Waals surface area contributed by atoms with Gasteiger partial charge < -0.3 is 15.6 Å². The molecule has 76 valence electrons. The summed E-state index contributed by atoms with van der Waals surface area (Å²) in [6.07, 6.45) is 2.51. The molecule has 1 amide bonds. The second-order valence-corrected chi connectivity index (χ2v) is 3.64. The van der Waals surface area contributed by atoms with Gasteiger partial charge in [0.1, 0.15) is 0 Å². The van der Waals surface area contributed by atoms with Crippen LogP contribution in [-0.4, -0.2) is 24.4 Å². The number of primary amides is 1. The summed E-state index contributed by atoms with van der Waals surface area (Å²) in [5, 5.41) is 9.37. The third-order valence-corrected chi connectivity index (χ3v) is 2.82. The van der Waals surface area contributed by atoms with E-state index in [0.29, 0.717) is 0 Å². The van der Waals surface area contributed by atoms with Gasteiger partial charge >= 0.3 is 0 Å². The predicted molar refractivity (Wildman–Crippen MR) is 47.7 cm³/mol. The summed E-state index contributed by atoms with van der Waals surface area (Å²) >= 11 is 0. The van der Waals surface area contributed by atoms with Crippen molar-refractivity contribution >= 4 is 5.91 Å². The molecule has 0 aromatic heterocycles. The molecule has 0 aromatic carbocycles. The van der Waals surface area contributed by atoms with Crippen LogP contribution < -0.4 is 5.73 Å². The highest BCUT2D eigenvalue weighted by atomic mass is 16.6. The molecule has 0 aromatic rings. The van der Waals surface area contributed by atoms with Crippen LogP contribution in [0, 0.1) is 11.8 Å². The van der Waals surface area contributed by atoms with Crippen LogP contribution in [0.25, 0.3) is 0 Å². The Bertz CT molecular complexity index is 176. The Kier molecular flexibility index (Phi) is 3.69. The first-order valence-corrected chi connectivity index (χ1v) is 4.65. The summed E-state index contributed by atoms with van der Waals surface area (Å²) in [5.74, 6) is -0.0498. The van der Waals surface area contributed by atoms with Gasteiger partial charge in [0.15, 0.2) is 6.29 Å². The summed E-state index contributed by atoms with van der Waals surface area (Å²) in [6.45, 7) is 0. The molecule has 1 aliphatic carbocycles. The zero-order valence-corrected chi connectivity index (χ0v) is 7.90. The lowest BCUT2D eigenvalue weighted by Gasteiger charge is -2.29. The molecule has 0 bridgehead atoms. The van der Waals surface area contributed by atoms with Crippen LogP contribution in [0.5, 0.6) is 0 Å². The van der Waals surface area contributed by atoms with Crippen LogP contribution in [0.3, 0.4) is 0 Å². The fourth-order valence-corrected chi connectivity index (χ4v) is 1.88. The van der Waals surface area contributed by atoms with E-state index in [0.717, 1.165) is 25.7 Å². The van der Waals surface area contributed by atoms with Gasteiger partial charge in [0.2, 0.25) is 5.91 Å². The van der Waals surface area contributed by atoms with E-state index in [9.17, 15) is 9.90 Å². The van der Waals surface area contributed by atoms with E-state index >= 15 is 0 Å². The molecular weight excluding hydrogens is 170 g/mol. The average molecular weight is 187 g/mol. The number of aliphatic hydroxyl groups excluding tert-OH is 1. The van der Waals surface area contributed by atoms with E-state index in [1.54, 1.807) is 0 Å². The van der Waals surface area contributed by atoms with Crippen molar-refractivity contribution in [2.45, 2.75) is 32.0 Å². The van der Waals surface area contributed by atoms with Crippen LogP contribution in [0.15, 0.2) is 0 Å². The molecule has 4 nitrogen and oxygen atoms in total. The molecule has 4 heteroatoms. The van der Waals surface area contributed by atoms with Crippen molar-refractivity contribution in [3.8, 4) is 0 Å². The number of methoxy groups -OCH3 is 1. The number of ether oxygens (including phenoxy) is 1. The zero-order chi connectivity index (χ0) is 9.84. The number of hydrogen-bond acceptors (Lipinski definition) is 3. The second kappa shape index (κ2) is 4.58. The summed E-state index contributed by atoms with van der Waals surface area (Å²) < 4.78 is 4.82. The van der Waals surface area contributed by atoms with Crippen molar-refractivity contribution in [1.29, 1.82) is 0 Å². The summed E-state index contributed by atoms with van der Waals surface area (Å²) in [7, 11) is 1.49. The van der Waals surface area contributed by atoms with E-state index in [1.807, 2.05) is 0 Å². The normalized spacial score (nSPS) is 31.2. The van der Waals surface area contributed by atoms with Gasteiger partial charge in [-0.3, -0.25) is 4.79 Å². The number of hydrogen-bond donors (Lipinski definition) is 2. The SMILES string of the molecule is COC(O)C1CCC(C(N)=O)CC1. The van der Waals surface area contributed by atoms with Gasteiger partial charge in [0.25, 0.3) is 0 Å². The van der Waals surface area contributed by atoms with Crippen molar-refractivity contribution < 1.29 is 14.6 Å². The maximum Gasteiger partial charge on any atom is 0.220 e. The largest absolute Gasteiger partial charge is 0.369 e. The van der Waals surface area contributed by atoms with Crippen molar-refractivity contribution in [2.24, 2.45) is 17.6 Å². The lowest BCUT2D eigenvalue weighted by Crippen LogP contribution is -2.32. The molecule has 1 fully saturated rings. The van der Waals surface area contributed by atoms with Crippen LogP contribution in [-0.2, 0) is 9.53 Å². The average Bonchev–Trinajstić information content (AvgIpc) is 2.17. The molecule has 0 spiro atoms. The topological polar surface area (TPSA) is 72.6 Å². The number of rotatable bonds is 3. The van der Waals surface area contributed by atoms with Crippen molar-refractivity contribution in [1.82, 2.24) is 0 Å². The van der Waals surface area contributed by atoms with Gasteiger partial charge in [-0.2, -0.15) is 0 Å². The van der Waals surface area contributed by atoms with E-state index in [-0.39, 0.29) is 17.7 Å². The number of nitrogens with two attached hydrogens (primary N) is 1. The smallest absolute Gasteiger partial charge is 0.220 e. The van der Waals surface area contributed by atoms with Crippen LogP contribution >= 0.6 is 0 Å². The first-order chi connectivity index (χ1) is 6.15. The minimum Gasteiger partial charge on any atom is -0.369 e. The molecular formula is C9H17NO3. The Balaban J connectivity index is 2.34. The number of amides is 1. The van der Waals surface area contributed by atoms with Crippen molar-refractivity contribution in [3.63, 3.8) is 0 Å². The quantitative estimate of drug-likeness (QED) is 0.622. The lowest BCUT2D eigenvalue weighted by molar-refractivity contribution is -0.132. The highest BCUT2D eigenvalue weighted by Crippen LogP contribution is 2.30. The highest BCUT2D eigenvalue weighted by Gasteiger charge is 2.28. The maximum absolute atomic E-state index is 10.8. The Morgan fingerprint density at radius 2 is 2.00 bits per heavy atom. The Morgan fingerprint density at radius 3 is 2.38 bits per heavy atom. The minimum atomic E-state index is -0.686. The first-order valence-electron chi connectivity index (χ1n) is 4.65. The van der Waals surface area contributed by atoms with Gasteiger partial charge in [-0.1, -0.05) is 0 Å². The van der Waals surface area contributed by atoms with E-state index in [2.05, 4.69) is 0 Å². The summed E-state index contributed by atoms with van der Waals surface area (Å²) in [5.41, 5.74) is 5.19. The molecule has 1 saturated carbocycles. The lowest BCUT2D eigenvalue weighted by atomic mass is 9.81. The van der Waals surface area contributed by atoms with E-state index in [1.165, 1.54) is 7.11 Å². The fraction of sp³-hybridized carbons (Fsp3) is 0.889. The third-order valence-electron chi connectivity index (χ3n) is 2.82. The van der Waals surface area contributed by atoms with Crippen LogP contribution in [0.2, 0.25) is 0 Å². The van der Waals surface area contributed by atoms with Gasteiger partial charge in [-0.25, -0.2) is 0 Å². The molecule has 0 saturated heterocycles. The Labute approximate surface area is 78.1 Å². The second-order valence-electron chi connectivity index (χ2n) is 3.64. The van der Waals surface area contributed by atoms with Gasteiger partial charge in [0.05, 0.1) is 0 Å². The monoisotopic (exact) mass is 187 g/mol. The maximum atomic E-state index is 10.8. The van der Waals surface area contributed by atoms with Gasteiger partial charge in [-0.05, 0) is 25.7 Å². The van der Waals surface area contributed by atoms with Crippen molar-refractivity contribution in [3.05, 3.63) is 0 Å². The molecule has 0 radical (unpaired) electrons. The number of carbonyl (C=O) groups is 1. The fourth-order valence-electron chi connectivity index (χ4n) is 1.88. The summed E-state index contributed by atoms with van der Waals surface area (Å²) in [4.78, 5) is 10.8. The Hall–Kier alpha value is -0.610. The molecule has 1 unspecified atom stereocenters. The first kappa shape index (κ1) is 10.5. The molecule has 1 aliphatic rings. The van der Waals surface area contributed by atoms with Crippen molar-refractivity contribution in [2.75, 3.05) is 7.11 Å². The standard InChI is InChI=1S/C9H17NO3/c1-13-9(12)7-4-2-6(3-5-7)8(10)11/h6-7,9,12H,2-5H2,1H3,(H2,10,11). The molecule has 13 heavy (non-hydrogen) atoms. The van der Waals surface area contributed by atoms with Crippen LogP contribution in [0.4, 0.5) is 0 Å². The Morgan fingerprint density at radius 1 is 1.46 bits per heavy atom. The molecule has 1 atom stereocenters. The third kappa shape index (κ3) is 2.67. The van der Waals surface area contributed by atoms with E-state index < -0.39 is 6.29 Å². The zero-order valence-electron chi connectivity index (χ0n) is 7.90. The molecule has 0 aliphatic heterocycles. The van der Waals surface area contributed by atoms with Gasteiger partial charge in [-0.15, -0.1) is 0 Å². The molecule has 1 rings (SSSR count). The highest BCUT2D eigenvalue weighted by molar-refractivity contribution is 5.76. The van der Waals surface area contributed by atoms with Crippen LogP contribution in [0.1, 0.15) is 25.7 Å². The number of aliphatic hydroxyl groups is 1. The molecule has 3 N–H and O–H groups in total. The minimum absolute atomic E-state index is 0.000283. The molecule has 0 heterocycles.